The zero-order valence-electron chi connectivity index (χ0n) is 20.3. The van der Waals surface area contributed by atoms with E-state index in [-0.39, 0.29) is 5.70 Å². The van der Waals surface area contributed by atoms with E-state index >= 15 is 0 Å². The molecule has 0 bridgehead atoms. The number of benzene rings is 3. The van der Waals surface area contributed by atoms with Crippen LogP contribution in [0.1, 0.15) is 21.7 Å². The molecule has 1 aromatic heterocycles. The number of carbonyl (C=O) groups is 2. The average Bonchev–Trinajstić information content (AvgIpc) is 3.38. The smallest absolute Gasteiger partial charge is 0.287 e. The fourth-order valence-corrected chi connectivity index (χ4v) is 3.51. The normalized spacial score (nSPS) is 11.4. The third-order valence-electron chi connectivity index (χ3n) is 5.36. The molecule has 8 heteroatoms. The maximum Gasteiger partial charge on any atom is 0.287 e. The van der Waals surface area contributed by atoms with Gasteiger partial charge in [0.15, 0.2) is 0 Å². The van der Waals surface area contributed by atoms with E-state index in [1.54, 1.807) is 54.6 Å². The Balaban J connectivity index is 1.50. The fourth-order valence-electron chi connectivity index (χ4n) is 3.38. The van der Waals surface area contributed by atoms with Gasteiger partial charge in [-0.15, -0.1) is 0 Å². The number of amides is 2. The Morgan fingerprint density at radius 1 is 0.892 bits per heavy atom. The Morgan fingerprint density at radius 2 is 1.59 bits per heavy atom. The lowest BCUT2D eigenvalue weighted by atomic mass is 10.1. The highest BCUT2D eigenvalue weighted by molar-refractivity contribution is 6.30. The Hall–Kier alpha value is -4.62. The zero-order valence-corrected chi connectivity index (χ0v) is 21.1. The van der Waals surface area contributed by atoms with Crippen LogP contribution in [-0.4, -0.2) is 32.1 Å². The van der Waals surface area contributed by atoms with Crippen LogP contribution in [0, 0.1) is 0 Å². The van der Waals surface area contributed by atoms with Crippen LogP contribution in [0.3, 0.4) is 0 Å². The number of hydrogen-bond donors (Lipinski definition) is 2. The minimum atomic E-state index is -0.582. The summed E-state index contributed by atoms with van der Waals surface area (Å²) in [6.45, 7) is 0. The summed E-state index contributed by atoms with van der Waals surface area (Å²) in [4.78, 5) is 27.7. The van der Waals surface area contributed by atoms with Gasteiger partial charge in [-0.3, -0.25) is 9.59 Å². The first-order valence-corrected chi connectivity index (χ1v) is 11.8. The highest BCUT2D eigenvalue weighted by atomic mass is 35.5. The van der Waals surface area contributed by atoms with Crippen molar-refractivity contribution in [2.24, 2.45) is 5.10 Å². The third-order valence-corrected chi connectivity index (χ3v) is 5.61. The van der Waals surface area contributed by atoms with E-state index < -0.39 is 11.8 Å². The van der Waals surface area contributed by atoms with E-state index in [1.165, 1.54) is 6.21 Å². The minimum Gasteiger partial charge on any atom is -0.455 e. The van der Waals surface area contributed by atoms with E-state index in [0.29, 0.717) is 22.1 Å². The molecule has 0 spiro atoms. The molecule has 0 saturated heterocycles. The predicted octanol–water partition coefficient (Wildman–Crippen LogP) is 5.59. The molecule has 4 rings (SSSR count). The largest absolute Gasteiger partial charge is 0.455 e. The summed E-state index contributed by atoms with van der Waals surface area (Å²) in [6.07, 6.45) is 2.98. The molecule has 186 valence electrons. The second-order valence-electron chi connectivity index (χ2n) is 8.27. The summed E-state index contributed by atoms with van der Waals surface area (Å²) in [5.74, 6) is 0.0981. The molecule has 2 amide bonds. The summed E-state index contributed by atoms with van der Waals surface area (Å²) < 4.78 is 5.77. The summed E-state index contributed by atoms with van der Waals surface area (Å²) in [5, 5.41) is 7.33. The quantitative estimate of drug-likeness (QED) is 0.183. The van der Waals surface area contributed by atoms with Crippen molar-refractivity contribution in [1.29, 1.82) is 0 Å². The Bertz CT molecular complexity index is 1420. The molecular formula is C29H25ClN4O3. The molecule has 0 radical (unpaired) electrons. The minimum absolute atomic E-state index is 0.0462. The number of anilines is 1. The molecule has 0 saturated carbocycles. The van der Waals surface area contributed by atoms with E-state index in [0.717, 1.165) is 16.8 Å². The van der Waals surface area contributed by atoms with E-state index in [4.69, 9.17) is 16.0 Å². The van der Waals surface area contributed by atoms with Crippen LogP contribution in [0.5, 0.6) is 0 Å². The highest BCUT2D eigenvalue weighted by Gasteiger charge is 2.14. The van der Waals surface area contributed by atoms with Gasteiger partial charge in [-0.25, -0.2) is 5.43 Å². The van der Waals surface area contributed by atoms with Crippen molar-refractivity contribution in [2.45, 2.75) is 0 Å². The predicted molar refractivity (Wildman–Crippen MR) is 148 cm³/mol. The van der Waals surface area contributed by atoms with Gasteiger partial charge in [0.05, 0.1) is 6.21 Å². The first kappa shape index (κ1) is 25.5. The SMILES string of the molecule is CN(C)c1ccc(/C=C(\NC(=O)c2ccccc2)C(=O)N/N=C/c2ccc(-c3ccc(Cl)cc3)o2)cc1. The lowest BCUT2D eigenvalue weighted by Crippen LogP contribution is -2.32. The van der Waals surface area contributed by atoms with Crippen LogP contribution in [0.4, 0.5) is 5.69 Å². The van der Waals surface area contributed by atoms with Crippen molar-refractivity contribution in [3.8, 4) is 11.3 Å². The number of rotatable bonds is 8. The molecule has 2 N–H and O–H groups in total. The number of nitrogens with zero attached hydrogens (tertiary/aromatic N) is 2. The van der Waals surface area contributed by atoms with Crippen LogP contribution >= 0.6 is 11.6 Å². The van der Waals surface area contributed by atoms with Crippen molar-refractivity contribution >= 4 is 41.4 Å². The lowest BCUT2D eigenvalue weighted by Gasteiger charge is -2.12. The summed E-state index contributed by atoms with van der Waals surface area (Å²) >= 11 is 5.94. The monoisotopic (exact) mass is 512 g/mol. The van der Waals surface area contributed by atoms with Crippen LogP contribution < -0.4 is 15.6 Å². The molecule has 0 aliphatic rings. The van der Waals surface area contributed by atoms with E-state index in [2.05, 4.69) is 15.8 Å². The molecule has 0 unspecified atom stereocenters. The first-order chi connectivity index (χ1) is 17.9. The fraction of sp³-hybridized carbons (Fsp3) is 0.0690. The van der Waals surface area contributed by atoms with Crippen molar-refractivity contribution < 1.29 is 14.0 Å². The molecule has 37 heavy (non-hydrogen) atoms. The number of nitrogens with one attached hydrogen (secondary N) is 2. The second kappa shape index (κ2) is 11.9. The van der Waals surface area contributed by atoms with Gasteiger partial charge < -0.3 is 14.6 Å². The Labute approximate surface area is 220 Å². The number of hydrazone groups is 1. The number of furan rings is 1. The summed E-state index contributed by atoms with van der Waals surface area (Å²) in [7, 11) is 3.89. The summed E-state index contributed by atoms with van der Waals surface area (Å²) in [5.41, 5.74) is 5.55. The molecule has 7 nitrogen and oxygen atoms in total. The van der Waals surface area contributed by atoms with Gasteiger partial charge in [-0.05, 0) is 72.3 Å². The molecule has 3 aromatic carbocycles. The number of hydrogen-bond acceptors (Lipinski definition) is 5. The summed E-state index contributed by atoms with van der Waals surface area (Å²) in [6, 6.07) is 27.0. The molecule has 0 fully saturated rings. The van der Waals surface area contributed by atoms with Gasteiger partial charge >= 0.3 is 0 Å². The van der Waals surface area contributed by atoms with Crippen molar-refractivity contribution in [3.63, 3.8) is 0 Å². The van der Waals surface area contributed by atoms with Crippen LogP contribution in [-0.2, 0) is 4.79 Å². The average molecular weight is 513 g/mol. The molecule has 0 atom stereocenters. The Kier molecular flexibility index (Phi) is 8.18. The highest BCUT2D eigenvalue weighted by Crippen LogP contribution is 2.23. The maximum atomic E-state index is 13.0. The van der Waals surface area contributed by atoms with Crippen molar-refractivity contribution in [3.05, 3.63) is 119 Å². The number of carbonyl (C=O) groups excluding carboxylic acids is 2. The number of halogens is 1. The van der Waals surface area contributed by atoms with Crippen LogP contribution in [0.15, 0.2) is 106 Å². The standard InChI is InChI=1S/C29H25ClN4O3/c1-34(2)24-14-8-20(9-15-24)18-26(32-28(35)22-6-4-3-5-7-22)29(36)33-31-19-25-16-17-27(37-25)21-10-12-23(30)13-11-21/h3-19H,1-2H3,(H,32,35)(H,33,36)/b26-18-,31-19+. The van der Waals surface area contributed by atoms with Crippen LogP contribution in [0.25, 0.3) is 17.4 Å². The second-order valence-corrected chi connectivity index (χ2v) is 8.71. The third kappa shape index (κ3) is 6.96. The molecular weight excluding hydrogens is 488 g/mol. The van der Waals surface area contributed by atoms with Gasteiger partial charge in [0.2, 0.25) is 0 Å². The topological polar surface area (TPSA) is 86.9 Å². The van der Waals surface area contributed by atoms with E-state index in [9.17, 15) is 9.59 Å². The zero-order chi connectivity index (χ0) is 26.2. The molecule has 4 aromatic rings. The van der Waals surface area contributed by atoms with E-state index in [1.807, 2.05) is 61.5 Å². The van der Waals surface area contributed by atoms with Gasteiger partial charge in [-0.1, -0.05) is 41.9 Å². The maximum absolute atomic E-state index is 13.0. The Morgan fingerprint density at radius 3 is 2.27 bits per heavy atom. The van der Waals surface area contributed by atoms with Gasteiger partial charge in [-0.2, -0.15) is 5.10 Å². The molecule has 0 aliphatic carbocycles. The molecule has 0 aliphatic heterocycles. The van der Waals surface area contributed by atoms with Crippen molar-refractivity contribution in [1.82, 2.24) is 10.7 Å². The van der Waals surface area contributed by atoms with Gasteiger partial charge in [0.1, 0.15) is 17.2 Å². The first-order valence-electron chi connectivity index (χ1n) is 11.4. The van der Waals surface area contributed by atoms with Crippen molar-refractivity contribution in [2.75, 3.05) is 19.0 Å². The van der Waals surface area contributed by atoms with Gasteiger partial charge in [0, 0.05) is 35.9 Å². The van der Waals surface area contributed by atoms with Gasteiger partial charge in [0.25, 0.3) is 11.8 Å². The lowest BCUT2D eigenvalue weighted by molar-refractivity contribution is -0.117. The molecule has 1 heterocycles. The van der Waals surface area contributed by atoms with Crippen LogP contribution in [0.2, 0.25) is 5.02 Å².